The standard InChI is InChI=1S/C35H29F2NO3S/c1-3-19-35(36,37)29-14-11-26(12-15-29)7-8-27-9-10-28(13-16-30-6-4-5-20-38-30)23-32(22-27)42-31-17-18-33(25(2)21-31)41-24-34(39)40/h3-6,11-12,14-15,17-23,28H,9-10,24H2,1-2H3,(H,39,40)/b19-3+. The van der Waals surface area contributed by atoms with Crippen LogP contribution in [0.1, 0.15) is 42.1 Å². The first-order chi connectivity index (χ1) is 20.2. The molecule has 1 unspecified atom stereocenters. The zero-order valence-electron chi connectivity index (χ0n) is 23.2. The smallest absolute Gasteiger partial charge is 0.341 e. The largest absolute Gasteiger partial charge is 0.482 e. The summed E-state index contributed by atoms with van der Waals surface area (Å²) in [5.74, 6) is 9.29. The number of halogens is 2. The number of rotatable bonds is 7. The number of ether oxygens (including phenoxy) is 1. The minimum atomic E-state index is -3.02. The molecular formula is C35H29F2NO3S. The highest BCUT2D eigenvalue weighted by Gasteiger charge is 2.27. The highest BCUT2D eigenvalue weighted by atomic mass is 32.2. The molecule has 1 heterocycles. The van der Waals surface area contributed by atoms with E-state index < -0.39 is 18.5 Å². The Hall–Kier alpha value is -4.59. The van der Waals surface area contributed by atoms with Crippen molar-refractivity contribution in [3.05, 3.63) is 124 Å². The molecule has 0 radical (unpaired) electrons. The van der Waals surface area contributed by atoms with E-state index in [9.17, 15) is 13.6 Å². The topological polar surface area (TPSA) is 59.4 Å². The number of nitrogens with zero attached hydrogens (tertiary/aromatic N) is 1. The normalized spacial score (nSPS) is 14.9. The zero-order chi connectivity index (χ0) is 30.0. The van der Waals surface area contributed by atoms with Gasteiger partial charge in [0.2, 0.25) is 0 Å². The Morgan fingerprint density at radius 2 is 1.95 bits per heavy atom. The summed E-state index contributed by atoms with van der Waals surface area (Å²) in [7, 11) is 0. The summed E-state index contributed by atoms with van der Waals surface area (Å²) < 4.78 is 33.7. The van der Waals surface area contributed by atoms with Crippen molar-refractivity contribution in [3.8, 4) is 29.4 Å². The summed E-state index contributed by atoms with van der Waals surface area (Å²) in [4.78, 5) is 17.1. The SMILES string of the molecule is C/C=C/C(F)(F)c1ccc(C#CC2=CC(Sc3ccc(OCC(=O)O)c(C)c3)=CC(C#Cc3ccccn3)CC2)cc1. The van der Waals surface area contributed by atoms with Crippen molar-refractivity contribution in [2.24, 2.45) is 5.92 Å². The van der Waals surface area contributed by atoms with Gasteiger partial charge in [0.05, 0.1) is 0 Å². The lowest BCUT2D eigenvalue weighted by Gasteiger charge is -2.11. The molecule has 0 aliphatic heterocycles. The molecule has 0 saturated carbocycles. The van der Waals surface area contributed by atoms with Crippen molar-refractivity contribution < 1.29 is 23.4 Å². The van der Waals surface area contributed by atoms with Crippen LogP contribution in [0.5, 0.6) is 5.75 Å². The summed E-state index contributed by atoms with van der Waals surface area (Å²) in [5, 5.41) is 8.91. The first-order valence-electron chi connectivity index (χ1n) is 13.3. The Kier molecular flexibility index (Phi) is 10.4. The van der Waals surface area contributed by atoms with Crippen molar-refractivity contribution in [1.82, 2.24) is 4.98 Å². The lowest BCUT2D eigenvalue weighted by molar-refractivity contribution is -0.139. The molecule has 0 spiro atoms. The van der Waals surface area contributed by atoms with Crippen LogP contribution in [0.3, 0.4) is 0 Å². The van der Waals surface area contributed by atoms with E-state index in [-0.39, 0.29) is 11.5 Å². The fraction of sp³-hybridized carbons (Fsp3) is 0.200. The molecule has 0 amide bonds. The third-order valence-electron chi connectivity index (χ3n) is 6.20. The van der Waals surface area contributed by atoms with Crippen molar-refractivity contribution in [2.45, 2.75) is 37.5 Å². The lowest BCUT2D eigenvalue weighted by Crippen LogP contribution is -2.09. The van der Waals surface area contributed by atoms with Gasteiger partial charge in [-0.25, -0.2) is 9.78 Å². The van der Waals surface area contributed by atoms with E-state index in [4.69, 9.17) is 9.84 Å². The van der Waals surface area contributed by atoms with E-state index in [1.807, 2.05) is 43.3 Å². The number of carboxylic acids is 1. The first-order valence-corrected chi connectivity index (χ1v) is 14.2. The van der Waals surface area contributed by atoms with Crippen molar-refractivity contribution in [3.63, 3.8) is 0 Å². The Morgan fingerprint density at radius 1 is 1.14 bits per heavy atom. The number of carboxylic acid groups (broad SMARTS) is 1. The molecule has 42 heavy (non-hydrogen) atoms. The number of aliphatic carboxylic acids is 1. The molecule has 1 aromatic heterocycles. The number of aromatic nitrogens is 1. The molecule has 1 atom stereocenters. The molecular weight excluding hydrogens is 552 g/mol. The summed E-state index contributed by atoms with van der Waals surface area (Å²) in [6.45, 7) is 3.04. The average molecular weight is 582 g/mol. The van der Waals surface area contributed by atoms with Crippen LogP contribution in [-0.2, 0) is 10.7 Å². The lowest BCUT2D eigenvalue weighted by atomic mass is 10.0. The molecule has 0 bridgehead atoms. The molecule has 1 aliphatic rings. The predicted octanol–water partition coefficient (Wildman–Crippen LogP) is 7.94. The monoisotopic (exact) mass is 581 g/mol. The molecule has 212 valence electrons. The van der Waals surface area contributed by atoms with Crippen LogP contribution in [0, 0.1) is 36.5 Å². The third-order valence-corrected chi connectivity index (χ3v) is 7.18. The average Bonchev–Trinajstić information content (AvgIpc) is 3.16. The molecule has 1 N–H and O–H groups in total. The minimum absolute atomic E-state index is 0.0301. The van der Waals surface area contributed by atoms with Gasteiger partial charge in [-0.05, 0) is 92.8 Å². The third kappa shape index (κ3) is 8.96. The number of pyridine rings is 1. The molecule has 4 rings (SSSR count). The predicted molar refractivity (Wildman–Crippen MR) is 162 cm³/mol. The van der Waals surface area contributed by atoms with E-state index in [0.29, 0.717) is 23.4 Å². The van der Waals surface area contributed by atoms with Crippen LogP contribution in [0.4, 0.5) is 8.78 Å². The number of alkyl halides is 2. The number of aryl methyl sites for hydroxylation is 1. The highest BCUT2D eigenvalue weighted by Crippen LogP contribution is 2.35. The van der Waals surface area contributed by atoms with Gasteiger partial charge in [-0.15, -0.1) is 0 Å². The molecule has 7 heteroatoms. The van der Waals surface area contributed by atoms with E-state index in [0.717, 1.165) is 33.4 Å². The Morgan fingerprint density at radius 3 is 2.64 bits per heavy atom. The van der Waals surface area contributed by atoms with Crippen molar-refractivity contribution in [1.29, 1.82) is 0 Å². The zero-order valence-corrected chi connectivity index (χ0v) is 24.1. The van der Waals surface area contributed by atoms with Gasteiger partial charge in [0, 0.05) is 38.6 Å². The molecule has 1 aliphatic carbocycles. The fourth-order valence-corrected chi connectivity index (χ4v) is 5.20. The van der Waals surface area contributed by atoms with Crippen LogP contribution in [-0.4, -0.2) is 22.7 Å². The second kappa shape index (κ2) is 14.3. The molecule has 4 nitrogen and oxygen atoms in total. The maximum Gasteiger partial charge on any atom is 0.341 e. The Bertz CT molecular complexity index is 1640. The summed E-state index contributed by atoms with van der Waals surface area (Å²) in [6.07, 6.45) is 9.56. The van der Waals surface area contributed by atoms with Gasteiger partial charge in [-0.1, -0.05) is 59.9 Å². The maximum atomic E-state index is 14.2. The van der Waals surface area contributed by atoms with Gasteiger partial charge >= 0.3 is 5.97 Å². The molecule has 2 aromatic carbocycles. The summed E-state index contributed by atoms with van der Waals surface area (Å²) in [5.41, 5.74) is 3.02. The quantitative estimate of drug-likeness (QED) is 0.227. The maximum absolute atomic E-state index is 14.2. The van der Waals surface area contributed by atoms with Crippen molar-refractivity contribution >= 4 is 17.7 Å². The number of benzene rings is 2. The number of hydrogen-bond donors (Lipinski definition) is 1. The van der Waals surface area contributed by atoms with Crippen LogP contribution >= 0.6 is 11.8 Å². The number of hydrogen-bond acceptors (Lipinski definition) is 4. The fourth-order valence-electron chi connectivity index (χ4n) is 4.12. The second-order valence-corrected chi connectivity index (χ2v) is 10.7. The summed E-state index contributed by atoms with van der Waals surface area (Å²) >= 11 is 1.56. The van der Waals surface area contributed by atoms with E-state index in [1.54, 1.807) is 43.1 Å². The van der Waals surface area contributed by atoms with Gasteiger partial charge in [0.15, 0.2) is 6.61 Å². The highest BCUT2D eigenvalue weighted by molar-refractivity contribution is 8.03. The van der Waals surface area contributed by atoms with Gasteiger partial charge in [-0.3, -0.25) is 0 Å². The molecule has 0 fully saturated rings. The summed E-state index contributed by atoms with van der Waals surface area (Å²) in [6, 6.07) is 17.3. The molecule has 3 aromatic rings. The Labute approximate surface area is 249 Å². The van der Waals surface area contributed by atoms with Crippen LogP contribution in [0.25, 0.3) is 0 Å². The Balaban J connectivity index is 1.58. The minimum Gasteiger partial charge on any atom is -0.482 e. The van der Waals surface area contributed by atoms with Gasteiger partial charge in [0.1, 0.15) is 11.4 Å². The number of carbonyl (C=O) groups is 1. The van der Waals surface area contributed by atoms with Gasteiger partial charge < -0.3 is 9.84 Å². The molecule has 0 saturated heterocycles. The van der Waals surface area contributed by atoms with Gasteiger partial charge in [0.25, 0.3) is 5.92 Å². The van der Waals surface area contributed by atoms with Crippen molar-refractivity contribution in [2.75, 3.05) is 6.61 Å². The van der Waals surface area contributed by atoms with Crippen LogP contribution in [0.2, 0.25) is 0 Å². The van der Waals surface area contributed by atoms with Gasteiger partial charge in [-0.2, -0.15) is 8.78 Å². The van der Waals surface area contributed by atoms with Crippen LogP contribution in [0.15, 0.2) is 107 Å². The van der Waals surface area contributed by atoms with Crippen LogP contribution < -0.4 is 4.74 Å². The number of allylic oxidation sites excluding steroid dienone is 5. The van der Waals surface area contributed by atoms with E-state index in [2.05, 4.69) is 34.7 Å². The second-order valence-electron chi connectivity index (χ2n) is 9.53. The number of thioether (sulfide) groups is 1. The van der Waals surface area contributed by atoms with E-state index in [1.165, 1.54) is 18.2 Å². The van der Waals surface area contributed by atoms with E-state index >= 15 is 0 Å². The first kappa shape index (κ1) is 30.4.